The fourth-order valence-electron chi connectivity index (χ4n) is 3.93. The average Bonchev–Trinajstić information content (AvgIpc) is 2.81. The van der Waals surface area contributed by atoms with Gasteiger partial charge in [0.25, 0.3) is 5.91 Å². The van der Waals surface area contributed by atoms with Crippen LogP contribution in [-0.2, 0) is 6.54 Å². The first-order valence-electron chi connectivity index (χ1n) is 11.6. The third kappa shape index (κ3) is 6.60. The lowest BCUT2D eigenvalue weighted by Crippen LogP contribution is -2.38. The summed E-state index contributed by atoms with van der Waals surface area (Å²) in [6.07, 6.45) is 3.96. The van der Waals surface area contributed by atoms with E-state index in [-0.39, 0.29) is 5.91 Å². The first kappa shape index (κ1) is 23.9. The second-order valence-corrected chi connectivity index (χ2v) is 7.85. The number of nitrogens with zero attached hydrogens (tertiary/aromatic N) is 2. The molecule has 0 spiro atoms. The Morgan fingerprint density at radius 1 is 1.03 bits per heavy atom. The van der Waals surface area contributed by atoms with Crippen LogP contribution in [0.2, 0.25) is 0 Å². The first-order chi connectivity index (χ1) is 15.6. The van der Waals surface area contributed by atoms with E-state index < -0.39 is 0 Å². The summed E-state index contributed by atoms with van der Waals surface area (Å²) in [6.45, 7) is 10.8. The summed E-state index contributed by atoms with van der Waals surface area (Å²) < 4.78 is 17.2. The average molecular weight is 442 g/mol. The molecule has 1 fully saturated rings. The van der Waals surface area contributed by atoms with Crippen LogP contribution in [0.25, 0.3) is 0 Å². The molecule has 32 heavy (non-hydrogen) atoms. The number of piperidine rings is 1. The Morgan fingerprint density at radius 2 is 1.69 bits per heavy atom. The highest BCUT2D eigenvalue weighted by atomic mass is 16.5. The summed E-state index contributed by atoms with van der Waals surface area (Å²) in [5.74, 6) is 1.97. The quantitative estimate of drug-likeness (QED) is 0.570. The van der Waals surface area contributed by atoms with Crippen LogP contribution in [-0.4, -0.2) is 55.2 Å². The van der Waals surface area contributed by atoms with Gasteiger partial charge in [0.2, 0.25) is 5.75 Å². The minimum Gasteiger partial charge on any atom is -0.490 e. The maximum atomic E-state index is 12.9. The van der Waals surface area contributed by atoms with Gasteiger partial charge in [0.15, 0.2) is 11.5 Å². The van der Waals surface area contributed by atoms with Crippen LogP contribution in [0.15, 0.2) is 36.5 Å². The standard InChI is InChI=1S/C25H35N3O4/c1-4-30-22-15-20(16-23(31-5-2)24(22)32-6-3)25(29)27-17-19-10-13-28(14-11-19)18-21-9-7-8-12-26-21/h7-9,12,15-16,19H,4-6,10-11,13-14,17-18H2,1-3H3,(H,27,29). The Kier molecular flexibility index (Phi) is 9.16. The number of nitrogens with one attached hydrogen (secondary N) is 1. The van der Waals surface area contributed by atoms with Crippen molar-refractivity contribution < 1.29 is 19.0 Å². The SMILES string of the molecule is CCOc1cc(C(=O)NCC2CCN(Cc3ccccn3)CC2)cc(OCC)c1OCC. The molecule has 3 rings (SSSR count). The third-order valence-electron chi connectivity index (χ3n) is 5.54. The predicted molar refractivity (Wildman–Crippen MR) is 125 cm³/mol. The number of carbonyl (C=O) groups is 1. The molecule has 0 atom stereocenters. The number of ether oxygens (including phenoxy) is 3. The van der Waals surface area contributed by atoms with Gasteiger partial charge in [-0.15, -0.1) is 0 Å². The van der Waals surface area contributed by atoms with Crippen molar-refractivity contribution in [1.82, 2.24) is 15.2 Å². The van der Waals surface area contributed by atoms with E-state index in [1.165, 1.54) is 0 Å². The molecule has 1 amide bonds. The van der Waals surface area contributed by atoms with Gasteiger partial charge in [-0.2, -0.15) is 0 Å². The number of likely N-dealkylation sites (tertiary alicyclic amines) is 1. The number of hydrogen-bond donors (Lipinski definition) is 1. The highest BCUT2D eigenvalue weighted by molar-refractivity contribution is 5.95. The lowest BCUT2D eigenvalue weighted by atomic mass is 9.96. The van der Waals surface area contributed by atoms with Crippen molar-refractivity contribution in [2.75, 3.05) is 39.5 Å². The van der Waals surface area contributed by atoms with Gasteiger partial charge in [-0.1, -0.05) is 6.07 Å². The number of rotatable bonds is 11. The molecule has 0 aliphatic carbocycles. The Morgan fingerprint density at radius 3 is 2.25 bits per heavy atom. The molecule has 7 heteroatoms. The van der Waals surface area contributed by atoms with Gasteiger partial charge in [0.05, 0.1) is 25.5 Å². The van der Waals surface area contributed by atoms with Crippen LogP contribution < -0.4 is 19.5 Å². The summed E-state index contributed by atoms with van der Waals surface area (Å²) in [4.78, 5) is 19.7. The van der Waals surface area contributed by atoms with Crippen LogP contribution >= 0.6 is 0 Å². The van der Waals surface area contributed by atoms with Gasteiger partial charge in [0, 0.05) is 24.8 Å². The van der Waals surface area contributed by atoms with E-state index in [0.717, 1.165) is 38.2 Å². The summed E-state index contributed by atoms with van der Waals surface area (Å²) in [5.41, 5.74) is 1.62. The van der Waals surface area contributed by atoms with E-state index >= 15 is 0 Å². The molecule has 2 heterocycles. The fraction of sp³-hybridized carbons (Fsp3) is 0.520. The first-order valence-corrected chi connectivity index (χ1v) is 11.6. The van der Waals surface area contributed by atoms with Crippen molar-refractivity contribution in [2.45, 2.75) is 40.2 Å². The van der Waals surface area contributed by atoms with E-state index in [1.807, 2.05) is 39.1 Å². The van der Waals surface area contributed by atoms with Gasteiger partial charge in [-0.25, -0.2) is 0 Å². The third-order valence-corrected chi connectivity index (χ3v) is 5.54. The van der Waals surface area contributed by atoms with Crippen molar-refractivity contribution >= 4 is 5.91 Å². The Hall–Kier alpha value is -2.80. The number of pyridine rings is 1. The van der Waals surface area contributed by atoms with Crippen LogP contribution in [0.5, 0.6) is 17.2 Å². The molecular formula is C25H35N3O4. The van der Waals surface area contributed by atoms with E-state index in [4.69, 9.17) is 14.2 Å². The zero-order valence-corrected chi connectivity index (χ0v) is 19.4. The molecule has 1 aliphatic heterocycles. The molecule has 0 unspecified atom stereocenters. The smallest absolute Gasteiger partial charge is 0.251 e. The van der Waals surface area contributed by atoms with E-state index in [1.54, 1.807) is 12.1 Å². The molecule has 0 bridgehead atoms. The summed E-state index contributed by atoms with van der Waals surface area (Å²) in [7, 11) is 0. The minimum atomic E-state index is -0.120. The molecule has 1 N–H and O–H groups in total. The Bertz CT molecular complexity index is 825. The number of hydrogen-bond acceptors (Lipinski definition) is 6. The van der Waals surface area contributed by atoms with Gasteiger partial charge >= 0.3 is 0 Å². The van der Waals surface area contributed by atoms with E-state index in [0.29, 0.717) is 55.1 Å². The normalized spacial score (nSPS) is 14.7. The van der Waals surface area contributed by atoms with Gasteiger partial charge in [-0.3, -0.25) is 14.7 Å². The largest absolute Gasteiger partial charge is 0.490 e. The highest BCUT2D eigenvalue weighted by Gasteiger charge is 2.22. The molecule has 174 valence electrons. The number of aromatic nitrogens is 1. The van der Waals surface area contributed by atoms with Crippen molar-refractivity contribution in [3.63, 3.8) is 0 Å². The van der Waals surface area contributed by atoms with Crippen LogP contribution in [0, 0.1) is 5.92 Å². The molecule has 1 aromatic carbocycles. The Labute approximate surface area is 191 Å². The number of carbonyl (C=O) groups excluding carboxylic acids is 1. The summed E-state index contributed by atoms with van der Waals surface area (Å²) in [5, 5.41) is 3.10. The molecule has 0 radical (unpaired) electrons. The Balaban J connectivity index is 1.56. The van der Waals surface area contributed by atoms with Crippen molar-refractivity contribution in [1.29, 1.82) is 0 Å². The number of amides is 1. The summed E-state index contributed by atoms with van der Waals surface area (Å²) >= 11 is 0. The van der Waals surface area contributed by atoms with Crippen LogP contribution in [0.1, 0.15) is 49.7 Å². The summed E-state index contributed by atoms with van der Waals surface area (Å²) in [6, 6.07) is 9.51. The second kappa shape index (κ2) is 12.3. The highest BCUT2D eigenvalue weighted by Crippen LogP contribution is 2.39. The molecule has 1 saturated heterocycles. The molecule has 7 nitrogen and oxygen atoms in total. The zero-order valence-electron chi connectivity index (χ0n) is 19.4. The van der Waals surface area contributed by atoms with E-state index in [9.17, 15) is 4.79 Å². The monoisotopic (exact) mass is 441 g/mol. The number of benzene rings is 1. The van der Waals surface area contributed by atoms with Crippen molar-refractivity contribution in [3.05, 3.63) is 47.8 Å². The predicted octanol–water partition coefficient (Wildman–Crippen LogP) is 3.92. The molecule has 0 saturated carbocycles. The second-order valence-electron chi connectivity index (χ2n) is 7.85. The molecule has 1 aliphatic rings. The molecular weight excluding hydrogens is 406 g/mol. The minimum absolute atomic E-state index is 0.120. The van der Waals surface area contributed by atoms with Crippen molar-refractivity contribution in [2.24, 2.45) is 5.92 Å². The van der Waals surface area contributed by atoms with Crippen molar-refractivity contribution in [3.8, 4) is 17.2 Å². The van der Waals surface area contributed by atoms with Gasteiger partial charge < -0.3 is 19.5 Å². The fourth-order valence-corrected chi connectivity index (χ4v) is 3.93. The lowest BCUT2D eigenvalue weighted by Gasteiger charge is -2.31. The zero-order chi connectivity index (χ0) is 22.8. The topological polar surface area (TPSA) is 72.9 Å². The van der Waals surface area contributed by atoms with Gasteiger partial charge in [-0.05, 0) is 76.9 Å². The molecule has 1 aromatic heterocycles. The van der Waals surface area contributed by atoms with Crippen LogP contribution in [0.3, 0.4) is 0 Å². The lowest BCUT2D eigenvalue weighted by molar-refractivity contribution is 0.0934. The van der Waals surface area contributed by atoms with E-state index in [2.05, 4.69) is 21.3 Å². The maximum absolute atomic E-state index is 12.9. The maximum Gasteiger partial charge on any atom is 0.251 e. The molecule has 2 aromatic rings. The van der Waals surface area contributed by atoms with Crippen LogP contribution in [0.4, 0.5) is 0 Å². The van der Waals surface area contributed by atoms with Gasteiger partial charge in [0.1, 0.15) is 0 Å².